The van der Waals surface area contributed by atoms with Crippen molar-refractivity contribution in [1.82, 2.24) is 0 Å². The average Bonchev–Trinajstić information content (AvgIpc) is 2.83. The van der Waals surface area contributed by atoms with Crippen LogP contribution in [0.5, 0.6) is 11.5 Å². The number of ether oxygens (including phenoxy) is 2. The van der Waals surface area contributed by atoms with E-state index in [1.54, 1.807) is 36.4 Å². The molecule has 0 atom stereocenters. The van der Waals surface area contributed by atoms with Crippen molar-refractivity contribution in [3.8, 4) is 11.5 Å². The van der Waals surface area contributed by atoms with E-state index in [2.05, 4.69) is 6.92 Å². The number of aryl methyl sites for hydroxylation is 1. The molecule has 0 bridgehead atoms. The molecule has 1 saturated carbocycles. The van der Waals surface area contributed by atoms with Crippen molar-refractivity contribution >= 4 is 5.97 Å². The largest absolute Gasteiger partial charge is 0.494 e. The third-order valence-corrected chi connectivity index (χ3v) is 6.91. The molecule has 0 unspecified atom stereocenters. The van der Waals surface area contributed by atoms with Crippen molar-refractivity contribution in [3.05, 3.63) is 59.4 Å². The molecule has 2 aromatic carbocycles. The lowest BCUT2D eigenvalue weighted by atomic mass is 9.78. The highest BCUT2D eigenvalue weighted by Gasteiger charge is 2.20. The molecule has 1 aliphatic rings. The molecule has 1 fully saturated rings. The minimum atomic E-state index is -0.504. The minimum absolute atomic E-state index is 0.213. The summed E-state index contributed by atoms with van der Waals surface area (Å²) in [5, 5.41) is 0. The van der Waals surface area contributed by atoms with Gasteiger partial charge in [0.15, 0.2) is 0 Å². The maximum atomic E-state index is 13.9. The zero-order valence-electron chi connectivity index (χ0n) is 20.3. The predicted molar refractivity (Wildman–Crippen MR) is 131 cm³/mol. The van der Waals surface area contributed by atoms with E-state index in [0.29, 0.717) is 24.2 Å². The lowest BCUT2D eigenvalue weighted by Crippen LogP contribution is -2.15. The lowest BCUT2D eigenvalue weighted by molar-refractivity contribution is 0.0734. The van der Waals surface area contributed by atoms with Crippen LogP contribution in [0.15, 0.2) is 42.5 Å². The van der Waals surface area contributed by atoms with Gasteiger partial charge in [-0.25, -0.2) is 9.18 Å². The molecule has 2 aromatic rings. The maximum absolute atomic E-state index is 13.9. The van der Waals surface area contributed by atoms with Gasteiger partial charge in [-0.2, -0.15) is 0 Å². The number of rotatable bonds is 12. The van der Waals surface area contributed by atoms with Crippen molar-refractivity contribution in [2.45, 2.75) is 84.5 Å². The molecule has 0 N–H and O–H groups in total. The second-order valence-corrected chi connectivity index (χ2v) is 9.39. The molecule has 0 aromatic heterocycles. The maximum Gasteiger partial charge on any atom is 0.343 e. The summed E-state index contributed by atoms with van der Waals surface area (Å²) in [5.41, 5.74) is 1.02. The monoisotopic (exact) mass is 454 g/mol. The van der Waals surface area contributed by atoms with Gasteiger partial charge in [0.1, 0.15) is 17.3 Å². The zero-order valence-corrected chi connectivity index (χ0v) is 20.3. The molecule has 3 rings (SSSR count). The fourth-order valence-corrected chi connectivity index (χ4v) is 4.79. The predicted octanol–water partition coefficient (Wildman–Crippen LogP) is 8.15. The highest BCUT2D eigenvalue weighted by Crippen LogP contribution is 2.34. The highest BCUT2D eigenvalue weighted by molar-refractivity contribution is 5.91. The number of carbonyl (C=O) groups is 1. The number of hydrogen-bond donors (Lipinski definition) is 0. The lowest BCUT2D eigenvalue weighted by Gasteiger charge is -2.28. The first kappa shape index (κ1) is 25.3. The van der Waals surface area contributed by atoms with E-state index < -0.39 is 5.97 Å². The standard InChI is InChI=1S/C29H39FO3/c1-3-5-6-8-22-10-12-23(13-11-22)9-7-20-32-26-17-15-25(16-18-26)29(31)33-27-19-14-24(4-2)28(30)21-27/h14-19,21-23H,3-13,20H2,1-2H3/t22-,23-. The third-order valence-electron chi connectivity index (χ3n) is 6.91. The number of hydrogen-bond acceptors (Lipinski definition) is 3. The van der Waals surface area contributed by atoms with E-state index >= 15 is 0 Å². The van der Waals surface area contributed by atoms with Gasteiger partial charge >= 0.3 is 5.97 Å². The summed E-state index contributed by atoms with van der Waals surface area (Å²) in [6.07, 6.45) is 14.0. The van der Waals surface area contributed by atoms with Crippen LogP contribution in [0.1, 0.15) is 94.0 Å². The molecule has 4 heteroatoms. The molecule has 33 heavy (non-hydrogen) atoms. The summed E-state index contributed by atoms with van der Waals surface area (Å²) in [6.45, 7) is 4.86. The minimum Gasteiger partial charge on any atom is -0.494 e. The van der Waals surface area contributed by atoms with E-state index in [-0.39, 0.29) is 11.6 Å². The molecule has 0 saturated heterocycles. The first-order valence-electron chi connectivity index (χ1n) is 12.8. The summed E-state index contributed by atoms with van der Waals surface area (Å²) >= 11 is 0. The van der Waals surface area contributed by atoms with Gasteiger partial charge in [0.2, 0.25) is 0 Å². The van der Waals surface area contributed by atoms with Crippen LogP contribution in [0.2, 0.25) is 0 Å². The summed E-state index contributed by atoms with van der Waals surface area (Å²) < 4.78 is 25.1. The van der Waals surface area contributed by atoms with Crippen LogP contribution in [0.4, 0.5) is 4.39 Å². The number of halogens is 1. The summed E-state index contributed by atoms with van der Waals surface area (Å²) in [7, 11) is 0. The van der Waals surface area contributed by atoms with Gasteiger partial charge in [-0.15, -0.1) is 0 Å². The quantitative estimate of drug-likeness (QED) is 0.184. The Balaban J connectivity index is 1.34. The molecule has 1 aliphatic carbocycles. The van der Waals surface area contributed by atoms with Crippen LogP contribution in [-0.2, 0) is 6.42 Å². The van der Waals surface area contributed by atoms with E-state index in [9.17, 15) is 9.18 Å². The topological polar surface area (TPSA) is 35.5 Å². The molecular weight excluding hydrogens is 415 g/mol. The Bertz CT molecular complexity index is 854. The van der Waals surface area contributed by atoms with E-state index in [1.165, 1.54) is 63.9 Å². The molecular formula is C29H39FO3. The molecule has 180 valence electrons. The molecule has 0 amide bonds. The summed E-state index contributed by atoms with van der Waals surface area (Å²) in [4.78, 5) is 12.3. The molecule has 0 aliphatic heterocycles. The van der Waals surface area contributed by atoms with Gasteiger partial charge < -0.3 is 9.47 Å². The second-order valence-electron chi connectivity index (χ2n) is 9.39. The second kappa shape index (κ2) is 13.4. The van der Waals surface area contributed by atoms with Crippen LogP contribution in [0.25, 0.3) is 0 Å². The average molecular weight is 455 g/mol. The third kappa shape index (κ3) is 8.17. The Labute approximate surface area is 198 Å². The van der Waals surface area contributed by atoms with Crippen molar-refractivity contribution < 1.29 is 18.7 Å². The Morgan fingerprint density at radius 3 is 2.12 bits per heavy atom. The fraction of sp³-hybridized carbons (Fsp3) is 0.552. The first-order valence-corrected chi connectivity index (χ1v) is 12.8. The van der Waals surface area contributed by atoms with Crippen molar-refractivity contribution in [2.75, 3.05) is 6.61 Å². The number of benzene rings is 2. The number of unbranched alkanes of at least 4 members (excludes halogenated alkanes) is 2. The van der Waals surface area contributed by atoms with Crippen LogP contribution >= 0.6 is 0 Å². The van der Waals surface area contributed by atoms with E-state index in [4.69, 9.17) is 9.47 Å². The van der Waals surface area contributed by atoms with Gasteiger partial charge in [-0.3, -0.25) is 0 Å². The van der Waals surface area contributed by atoms with Crippen LogP contribution in [0.3, 0.4) is 0 Å². The molecule has 3 nitrogen and oxygen atoms in total. The molecule has 0 spiro atoms. The summed E-state index contributed by atoms with van der Waals surface area (Å²) in [6, 6.07) is 11.5. The van der Waals surface area contributed by atoms with Gasteiger partial charge in [-0.1, -0.05) is 71.3 Å². The van der Waals surface area contributed by atoms with E-state index in [0.717, 1.165) is 24.0 Å². The normalized spacial score (nSPS) is 18.2. The Morgan fingerprint density at radius 1 is 0.879 bits per heavy atom. The van der Waals surface area contributed by atoms with Crippen LogP contribution in [0, 0.1) is 17.7 Å². The van der Waals surface area contributed by atoms with Gasteiger partial charge in [0, 0.05) is 6.07 Å². The Hall–Kier alpha value is -2.36. The van der Waals surface area contributed by atoms with Crippen molar-refractivity contribution in [3.63, 3.8) is 0 Å². The first-order chi connectivity index (χ1) is 16.1. The Morgan fingerprint density at radius 2 is 1.52 bits per heavy atom. The van der Waals surface area contributed by atoms with Gasteiger partial charge in [0.25, 0.3) is 0 Å². The van der Waals surface area contributed by atoms with Crippen molar-refractivity contribution in [1.29, 1.82) is 0 Å². The smallest absolute Gasteiger partial charge is 0.343 e. The molecule has 0 radical (unpaired) electrons. The zero-order chi connectivity index (χ0) is 23.5. The fourth-order valence-electron chi connectivity index (χ4n) is 4.79. The van der Waals surface area contributed by atoms with Gasteiger partial charge in [-0.05, 0) is 67.0 Å². The Kier molecular flexibility index (Phi) is 10.2. The summed E-state index contributed by atoms with van der Waals surface area (Å²) in [5.74, 6) is 1.92. The SMILES string of the molecule is CCCCC[C@H]1CC[C@H](CCCOc2ccc(C(=O)Oc3ccc(CC)c(F)c3)cc2)CC1. The van der Waals surface area contributed by atoms with Crippen molar-refractivity contribution in [2.24, 2.45) is 11.8 Å². The highest BCUT2D eigenvalue weighted by atomic mass is 19.1. The molecule has 0 heterocycles. The van der Waals surface area contributed by atoms with E-state index in [1.807, 2.05) is 6.92 Å². The van der Waals surface area contributed by atoms with Gasteiger partial charge in [0.05, 0.1) is 12.2 Å². The van der Waals surface area contributed by atoms with Crippen LogP contribution in [-0.4, -0.2) is 12.6 Å². The number of carbonyl (C=O) groups excluding carboxylic acids is 1. The number of esters is 1. The van der Waals surface area contributed by atoms with Crippen LogP contribution < -0.4 is 9.47 Å².